The Kier molecular flexibility index (Phi) is 4.79. The van der Waals surface area contributed by atoms with E-state index < -0.39 is 5.60 Å². The van der Waals surface area contributed by atoms with Crippen molar-refractivity contribution in [1.29, 1.82) is 0 Å². The van der Waals surface area contributed by atoms with Crippen molar-refractivity contribution in [2.45, 2.75) is 45.1 Å². The lowest BCUT2D eigenvalue weighted by Crippen LogP contribution is -2.41. The number of oxazole rings is 1. The summed E-state index contributed by atoms with van der Waals surface area (Å²) in [5.41, 5.74) is 0.312. The average Bonchev–Trinajstić information content (AvgIpc) is 3.04. The number of likely N-dealkylation sites (tertiary alicyclic amines) is 1. The first kappa shape index (κ1) is 17.5. The second-order valence-electron chi connectivity index (χ2n) is 7.31. The number of amides is 1. The van der Waals surface area contributed by atoms with Crippen molar-refractivity contribution < 1.29 is 18.3 Å². The van der Waals surface area contributed by atoms with Gasteiger partial charge in [0.1, 0.15) is 11.4 Å². The van der Waals surface area contributed by atoms with Crippen LogP contribution in [0, 0.1) is 5.82 Å². The van der Waals surface area contributed by atoms with E-state index >= 15 is 0 Å². The molecule has 1 aliphatic heterocycles. The van der Waals surface area contributed by atoms with Crippen LogP contribution in [0.3, 0.4) is 0 Å². The quantitative estimate of drug-likeness (QED) is 0.798. The molecule has 0 radical (unpaired) electrons. The number of ether oxygens (including phenoxy) is 1. The Hall–Kier alpha value is -2.37. The molecule has 0 unspecified atom stereocenters. The Bertz CT molecular complexity index is 726. The predicted molar refractivity (Wildman–Crippen MR) is 91.7 cm³/mol. The molecule has 134 valence electrons. The highest BCUT2D eigenvalue weighted by Gasteiger charge is 2.29. The van der Waals surface area contributed by atoms with Gasteiger partial charge >= 0.3 is 6.09 Å². The number of carbonyl (C=O) groups is 1. The number of hydrogen-bond acceptors (Lipinski definition) is 4. The molecular formula is C19H23FN2O3. The first-order valence-corrected chi connectivity index (χ1v) is 8.51. The molecule has 0 aliphatic carbocycles. The Morgan fingerprint density at radius 1 is 1.24 bits per heavy atom. The summed E-state index contributed by atoms with van der Waals surface area (Å²) in [5, 5.41) is 0. The Labute approximate surface area is 146 Å². The zero-order valence-electron chi connectivity index (χ0n) is 14.8. The molecule has 1 fully saturated rings. The van der Waals surface area contributed by atoms with Crippen molar-refractivity contribution in [3.05, 3.63) is 42.2 Å². The van der Waals surface area contributed by atoms with Crippen LogP contribution in [0.25, 0.3) is 11.3 Å². The average molecular weight is 346 g/mol. The monoisotopic (exact) mass is 346 g/mol. The molecule has 0 spiro atoms. The van der Waals surface area contributed by atoms with E-state index in [1.807, 2.05) is 20.8 Å². The zero-order chi connectivity index (χ0) is 18.0. The molecule has 1 saturated heterocycles. The highest BCUT2D eigenvalue weighted by molar-refractivity contribution is 5.68. The van der Waals surface area contributed by atoms with Gasteiger partial charge in [-0.3, -0.25) is 0 Å². The molecule has 6 heteroatoms. The highest BCUT2D eigenvalue weighted by Crippen LogP contribution is 2.31. The van der Waals surface area contributed by atoms with E-state index in [-0.39, 0.29) is 17.8 Å². The van der Waals surface area contributed by atoms with Crippen molar-refractivity contribution in [3.8, 4) is 11.3 Å². The molecule has 2 heterocycles. The van der Waals surface area contributed by atoms with Gasteiger partial charge < -0.3 is 14.1 Å². The molecule has 1 aromatic carbocycles. The van der Waals surface area contributed by atoms with Gasteiger partial charge in [0, 0.05) is 24.6 Å². The van der Waals surface area contributed by atoms with Crippen LogP contribution in [0.5, 0.6) is 0 Å². The fraction of sp³-hybridized carbons (Fsp3) is 0.474. The predicted octanol–water partition coefficient (Wildman–Crippen LogP) is 4.60. The van der Waals surface area contributed by atoms with E-state index in [0.29, 0.717) is 24.7 Å². The molecule has 0 saturated carbocycles. The summed E-state index contributed by atoms with van der Waals surface area (Å²) in [4.78, 5) is 18.2. The van der Waals surface area contributed by atoms with E-state index in [1.165, 1.54) is 12.1 Å². The van der Waals surface area contributed by atoms with Crippen LogP contribution < -0.4 is 0 Å². The normalized spacial score (nSPS) is 16.1. The number of carbonyl (C=O) groups excluding carboxylic acids is 1. The van der Waals surface area contributed by atoms with Gasteiger partial charge in [-0.2, -0.15) is 0 Å². The maximum absolute atomic E-state index is 13.0. The van der Waals surface area contributed by atoms with Gasteiger partial charge in [0.25, 0.3) is 0 Å². The van der Waals surface area contributed by atoms with Gasteiger partial charge in [-0.1, -0.05) is 0 Å². The number of rotatable bonds is 2. The molecule has 1 amide bonds. The van der Waals surface area contributed by atoms with E-state index in [2.05, 4.69) is 4.98 Å². The van der Waals surface area contributed by atoms with E-state index in [9.17, 15) is 9.18 Å². The summed E-state index contributed by atoms with van der Waals surface area (Å²) in [6.45, 7) is 6.83. The standard InChI is InChI=1S/C19H23FN2O3/c1-19(2,3)25-18(23)22-10-8-14(9-11-22)17-21-12-16(24-17)13-4-6-15(20)7-5-13/h4-7,12,14H,8-11H2,1-3H3. The summed E-state index contributed by atoms with van der Waals surface area (Å²) in [7, 11) is 0. The van der Waals surface area contributed by atoms with E-state index in [4.69, 9.17) is 9.15 Å². The van der Waals surface area contributed by atoms with Crippen LogP contribution in [0.1, 0.15) is 45.4 Å². The molecule has 3 rings (SSSR count). The molecule has 5 nitrogen and oxygen atoms in total. The summed E-state index contributed by atoms with van der Waals surface area (Å²) in [6, 6.07) is 6.14. The minimum absolute atomic E-state index is 0.174. The third kappa shape index (κ3) is 4.38. The number of hydrogen-bond donors (Lipinski definition) is 0. The van der Waals surface area contributed by atoms with Crippen molar-refractivity contribution in [3.63, 3.8) is 0 Å². The fourth-order valence-corrected chi connectivity index (χ4v) is 2.86. The Balaban J connectivity index is 1.60. The Morgan fingerprint density at radius 3 is 2.48 bits per heavy atom. The molecular weight excluding hydrogens is 323 g/mol. The van der Waals surface area contributed by atoms with Crippen molar-refractivity contribution in [2.75, 3.05) is 13.1 Å². The zero-order valence-corrected chi connectivity index (χ0v) is 14.8. The van der Waals surface area contributed by atoms with Crippen LogP contribution in [-0.4, -0.2) is 34.7 Å². The van der Waals surface area contributed by atoms with Crippen LogP contribution in [0.4, 0.5) is 9.18 Å². The van der Waals surface area contributed by atoms with Gasteiger partial charge in [0.15, 0.2) is 11.7 Å². The second kappa shape index (κ2) is 6.86. The molecule has 2 aromatic rings. The van der Waals surface area contributed by atoms with Gasteiger partial charge in [0.2, 0.25) is 0 Å². The smallest absolute Gasteiger partial charge is 0.410 e. The molecule has 0 N–H and O–H groups in total. The lowest BCUT2D eigenvalue weighted by Gasteiger charge is -2.32. The lowest BCUT2D eigenvalue weighted by atomic mass is 9.97. The number of halogens is 1. The third-order valence-corrected chi connectivity index (χ3v) is 4.15. The number of aromatic nitrogens is 1. The van der Waals surface area contributed by atoms with Gasteiger partial charge in [-0.15, -0.1) is 0 Å². The molecule has 25 heavy (non-hydrogen) atoms. The maximum Gasteiger partial charge on any atom is 0.410 e. The first-order valence-electron chi connectivity index (χ1n) is 8.51. The summed E-state index contributed by atoms with van der Waals surface area (Å²) in [6.07, 6.45) is 2.96. The first-order chi connectivity index (χ1) is 11.8. The van der Waals surface area contributed by atoms with E-state index in [0.717, 1.165) is 18.4 Å². The Morgan fingerprint density at radius 2 is 1.88 bits per heavy atom. The largest absolute Gasteiger partial charge is 0.444 e. The van der Waals surface area contributed by atoms with Gasteiger partial charge in [-0.05, 0) is 57.9 Å². The van der Waals surface area contributed by atoms with Gasteiger partial charge in [0.05, 0.1) is 6.20 Å². The van der Waals surface area contributed by atoms with E-state index in [1.54, 1.807) is 23.2 Å². The summed E-state index contributed by atoms with van der Waals surface area (Å²) in [5.74, 6) is 1.19. The van der Waals surface area contributed by atoms with Crippen molar-refractivity contribution in [1.82, 2.24) is 9.88 Å². The second-order valence-corrected chi connectivity index (χ2v) is 7.31. The number of nitrogens with zero attached hydrogens (tertiary/aromatic N) is 2. The topological polar surface area (TPSA) is 55.6 Å². The SMILES string of the molecule is CC(C)(C)OC(=O)N1CCC(c2ncc(-c3ccc(F)cc3)o2)CC1. The molecule has 1 aromatic heterocycles. The van der Waals surface area contributed by atoms with Gasteiger partial charge in [-0.25, -0.2) is 14.2 Å². The number of piperidine rings is 1. The maximum atomic E-state index is 13.0. The minimum Gasteiger partial charge on any atom is -0.444 e. The van der Waals surface area contributed by atoms with Crippen molar-refractivity contribution >= 4 is 6.09 Å². The number of benzene rings is 1. The summed E-state index contributed by atoms with van der Waals surface area (Å²) >= 11 is 0. The third-order valence-electron chi connectivity index (χ3n) is 4.15. The van der Waals surface area contributed by atoms with Crippen LogP contribution in [0.2, 0.25) is 0 Å². The van der Waals surface area contributed by atoms with Crippen molar-refractivity contribution in [2.24, 2.45) is 0 Å². The fourth-order valence-electron chi connectivity index (χ4n) is 2.86. The molecule has 1 aliphatic rings. The highest BCUT2D eigenvalue weighted by atomic mass is 19.1. The molecule has 0 atom stereocenters. The lowest BCUT2D eigenvalue weighted by molar-refractivity contribution is 0.0199. The van der Waals surface area contributed by atoms with Crippen LogP contribution in [0.15, 0.2) is 34.9 Å². The minimum atomic E-state index is -0.486. The van der Waals surface area contributed by atoms with Crippen LogP contribution in [-0.2, 0) is 4.74 Å². The summed E-state index contributed by atoms with van der Waals surface area (Å²) < 4.78 is 24.3. The van der Waals surface area contributed by atoms with Crippen LogP contribution >= 0.6 is 0 Å². The molecule has 0 bridgehead atoms.